The van der Waals surface area contributed by atoms with Crippen molar-refractivity contribution in [2.75, 3.05) is 19.6 Å². The van der Waals surface area contributed by atoms with Crippen LogP contribution in [0, 0.1) is 13.8 Å². The molecule has 1 aliphatic heterocycles. The maximum atomic E-state index is 3.50. The van der Waals surface area contributed by atoms with Gasteiger partial charge in [-0.1, -0.05) is 30.7 Å². The molecule has 2 rings (SSSR count). The summed E-state index contributed by atoms with van der Waals surface area (Å²) in [5.41, 5.74) is 4.28. The first-order chi connectivity index (χ1) is 9.13. The zero-order valence-corrected chi connectivity index (χ0v) is 12.9. The summed E-state index contributed by atoms with van der Waals surface area (Å²) in [6.45, 7) is 12.6. The topological polar surface area (TPSA) is 15.3 Å². The van der Waals surface area contributed by atoms with E-state index in [-0.39, 0.29) is 0 Å². The summed E-state index contributed by atoms with van der Waals surface area (Å²) in [5.74, 6) is 0. The van der Waals surface area contributed by atoms with Gasteiger partial charge in [0.25, 0.3) is 0 Å². The third-order valence-corrected chi connectivity index (χ3v) is 4.36. The molecule has 0 bridgehead atoms. The van der Waals surface area contributed by atoms with E-state index in [1.807, 2.05) is 0 Å². The Labute approximate surface area is 118 Å². The third-order valence-electron chi connectivity index (χ3n) is 4.36. The van der Waals surface area contributed by atoms with Crippen LogP contribution in [0.25, 0.3) is 0 Å². The van der Waals surface area contributed by atoms with Crippen LogP contribution in [0.1, 0.15) is 49.4 Å². The molecule has 1 heterocycles. The third kappa shape index (κ3) is 3.37. The average Bonchev–Trinajstić information content (AvgIpc) is 2.89. The van der Waals surface area contributed by atoms with Crippen LogP contribution >= 0.6 is 0 Å². The lowest BCUT2D eigenvalue weighted by atomic mass is 9.97. The van der Waals surface area contributed by atoms with Crippen molar-refractivity contribution >= 4 is 0 Å². The molecule has 2 unspecified atom stereocenters. The standard InChI is InChI=1S/C17H28N2/c1-5-10-19(16-8-9-18-12-16)15(4)17-7-6-13(2)11-14(17)3/h6-7,11,15-16,18H,5,8-10,12H2,1-4H3. The van der Waals surface area contributed by atoms with Crippen molar-refractivity contribution in [1.29, 1.82) is 0 Å². The van der Waals surface area contributed by atoms with Crippen LogP contribution < -0.4 is 5.32 Å². The van der Waals surface area contributed by atoms with Gasteiger partial charge in [-0.2, -0.15) is 0 Å². The molecular formula is C17H28N2. The molecule has 0 spiro atoms. The first kappa shape index (κ1) is 14.5. The van der Waals surface area contributed by atoms with E-state index in [1.165, 1.54) is 42.6 Å². The predicted molar refractivity (Wildman–Crippen MR) is 82.6 cm³/mol. The minimum atomic E-state index is 0.519. The molecule has 1 fully saturated rings. The van der Waals surface area contributed by atoms with Gasteiger partial charge in [0.2, 0.25) is 0 Å². The summed E-state index contributed by atoms with van der Waals surface area (Å²) < 4.78 is 0. The van der Waals surface area contributed by atoms with Crippen molar-refractivity contribution in [1.82, 2.24) is 10.2 Å². The maximum Gasteiger partial charge on any atom is 0.0325 e. The van der Waals surface area contributed by atoms with Crippen LogP contribution in [0.3, 0.4) is 0 Å². The number of benzene rings is 1. The lowest BCUT2D eigenvalue weighted by Gasteiger charge is -2.35. The summed E-state index contributed by atoms with van der Waals surface area (Å²) in [4.78, 5) is 2.69. The Bertz CT molecular complexity index is 408. The molecule has 19 heavy (non-hydrogen) atoms. The minimum Gasteiger partial charge on any atom is -0.315 e. The molecule has 1 saturated heterocycles. The van der Waals surface area contributed by atoms with Gasteiger partial charge < -0.3 is 5.32 Å². The molecule has 1 aromatic carbocycles. The Hall–Kier alpha value is -0.860. The van der Waals surface area contributed by atoms with Gasteiger partial charge in [-0.3, -0.25) is 4.90 Å². The highest BCUT2D eigenvalue weighted by molar-refractivity contribution is 5.32. The molecule has 0 radical (unpaired) electrons. The minimum absolute atomic E-state index is 0.519. The number of aryl methyl sites for hydroxylation is 2. The lowest BCUT2D eigenvalue weighted by Crippen LogP contribution is -2.39. The fourth-order valence-corrected chi connectivity index (χ4v) is 3.35. The summed E-state index contributed by atoms with van der Waals surface area (Å²) in [7, 11) is 0. The van der Waals surface area contributed by atoms with Crippen LogP contribution in [0.15, 0.2) is 18.2 Å². The summed E-state index contributed by atoms with van der Waals surface area (Å²) >= 11 is 0. The van der Waals surface area contributed by atoms with Gasteiger partial charge in [-0.25, -0.2) is 0 Å². The van der Waals surface area contributed by atoms with E-state index in [9.17, 15) is 0 Å². The second kappa shape index (κ2) is 6.53. The molecule has 0 amide bonds. The molecule has 0 aromatic heterocycles. The number of nitrogens with zero attached hydrogens (tertiary/aromatic N) is 1. The van der Waals surface area contributed by atoms with E-state index in [0.717, 1.165) is 6.54 Å². The smallest absolute Gasteiger partial charge is 0.0325 e. The van der Waals surface area contributed by atoms with Gasteiger partial charge in [0.05, 0.1) is 0 Å². The van der Waals surface area contributed by atoms with Crippen LogP contribution in [0.4, 0.5) is 0 Å². The highest BCUT2D eigenvalue weighted by atomic mass is 15.2. The van der Waals surface area contributed by atoms with Gasteiger partial charge in [0.1, 0.15) is 0 Å². The zero-order valence-electron chi connectivity index (χ0n) is 12.9. The maximum absolute atomic E-state index is 3.50. The Morgan fingerprint density at radius 2 is 2.16 bits per heavy atom. The monoisotopic (exact) mass is 260 g/mol. The van der Waals surface area contributed by atoms with E-state index in [1.54, 1.807) is 0 Å². The molecule has 1 aromatic rings. The first-order valence-corrected chi connectivity index (χ1v) is 7.67. The Morgan fingerprint density at radius 3 is 2.74 bits per heavy atom. The Morgan fingerprint density at radius 1 is 1.37 bits per heavy atom. The first-order valence-electron chi connectivity index (χ1n) is 7.67. The van der Waals surface area contributed by atoms with E-state index in [2.05, 4.69) is 56.1 Å². The van der Waals surface area contributed by atoms with Crippen molar-refractivity contribution in [2.24, 2.45) is 0 Å². The average molecular weight is 260 g/mol. The second-order valence-corrected chi connectivity index (χ2v) is 5.92. The highest BCUT2D eigenvalue weighted by Gasteiger charge is 2.26. The van der Waals surface area contributed by atoms with Crippen LogP contribution in [0.5, 0.6) is 0 Å². The number of nitrogens with one attached hydrogen (secondary N) is 1. The van der Waals surface area contributed by atoms with E-state index in [0.29, 0.717) is 12.1 Å². The lowest BCUT2D eigenvalue weighted by molar-refractivity contribution is 0.153. The van der Waals surface area contributed by atoms with Crippen molar-refractivity contribution in [3.63, 3.8) is 0 Å². The second-order valence-electron chi connectivity index (χ2n) is 5.92. The summed E-state index contributed by atoms with van der Waals surface area (Å²) in [6, 6.07) is 8.10. The van der Waals surface area contributed by atoms with Gasteiger partial charge >= 0.3 is 0 Å². The molecular weight excluding hydrogens is 232 g/mol. The summed E-state index contributed by atoms with van der Waals surface area (Å²) in [5, 5.41) is 3.50. The Kier molecular flexibility index (Phi) is 5.00. The van der Waals surface area contributed by atoms with E-state index >= 15 is 0 Å². The van der Waals surface area contributed by atoms with Gasteiger partial charge in [-0.05, 0) is 57.8 Å². The molecule has 0 aliphatic carbocycles. The van der Waals surface area contributed by atoms with Crippen molar-refractivity contribution < 1.29 is 0 Å². The number of hydrogen-bond acceptors (Lipinski definition) is 2. The quantitative estimate of drug-likeness (QED) is 0.872. The molecule has 2 nitrogen and oxygen atoms in total. The number of hydrogen-bond donors (Lipinski definition) is 1. The normalized spacial score (nSPS) is 21.0. The van der Waals surface area contributed by atoms with Crippen LogP contribution in [-0.4, -0.2) is 30.6 Å². The molecule has 2 heteroatoms. The summed E-state index contributed by atoms with van der Waals surface area (Å²) in [6.07, 6.45) is 2.51. The molecule has 1 N–H and O–H groups in total. The van der Waals surface area contributed by atoms with Gasteiger partial charge in [-0.15, -0.1) is 0 Å². The van der Waals surface area contributed by atoms with Gasteiger partial charge in [0, 0.05) is 18.6 Å². The number of rotatable bonds is 5. The zero-order chi connectivity index (χ0) is 13.8. The van der Waals surface area contributed by atoms with E-state index < -0.39 is 0 Å². The van der Waals surface area contributed by atoms with Crippen LogP contribution in [-0.2, 0) is 0 Å². The molecule has 0 saturated carbocycles. The molecule has 106 valence electrons. The highest BCUT2D eigenvalue weighted by Crippen LogP contribution is 2.27. The van der Waals surface area contributed by atoms with Crippen LogP contribution in [0.2, 0.25) is 0 Å². The molecule has 2 atom stereocenters. The van der Waals surface area contributed by atoms with Crippen molar-refractivity contribution in [3.8, 4) is 0 Å². The fraction of sp³-hybridized carbons (Fsp3) is 0.647. The van der Waals surface area contributed by atoms with E-state index in [4.69, 9.17) is 0 Å². The predicted octanol–water partition coefficient (Wildman–Crippen LogP) is 3.44. The Balaban J connectivity index is 2.19. The molecule has 1 aliphatic rings. The fourth-order valence-electron chi connectivity index (χ4n) is 3.35. The van der Waals surface area contributed by atoms with Gasteiger partial charge in [0.15, 0.2) is 0 Å². The van der Waals surface area contributed by atoms with Crippen molar-refractivity contribution in [3.05, 3.63) is 34.9 Å². The SMILES string of the molecule is CCCN(C1CCNC1)C(C)c1ccc(C)cc1C. The van der Waals surface area contributed by atoms with Crippen molar-refractivity contribution in [2.45, 2.75) is 52.6 Å². The largest absolute Gasteiger partial charge is 0.315 e.